The smallest absolute Gasteiger partial charge is 0.138 e. The van der Waals surface area contributed by atoms with Gasteiger partial charge in [0.1, 0.15) is 18.1 Å². The largest absolute Gasteiger partial charge is 0.487 e. The second-order valence-electron chi connectivity index (χ2n) is 5.94. The van der Waals surface area contributed by atoms with Crippen LogP contribution in [0.2, 0.25) is 0 Å². The highest BCUT2D eigenvalue weighted by Crippen LogP contribution is 2.18. The van der Waals surface area contributed by atoms with Crippen LogP contribution in [0.3, 0.4) is 0 Å². The predicted molar refractivity (Wildman–Crippen MR) is 99.6 cm³/mol. The van der Waals surface area contributed by atoms with Crippen molar-refractivity contribution < 1.29 is 4.74 Å². The first-order valence-corrected chi connectivity index (χ1v) is 8.44. The maximum Gasteiger partial charge on any atom is 0.138 e. The fourth-order valence-corrected chi connectivity index (χ4v) is 2.62. The summed E-state index contributed by atoms with van der Waals surface area (Å²) in [6.07, 6.45) is 3.62. The van der Waals surface area contributed by atoms with Crippen molar-refractivity contribution >= 4 is 0 Å². The summed E-state index contributed by atoms with van der Waals surface area (Å²) >= 11 is 0. The van der Waals surface area contributed by atoms with Crippen molar-refractivity contribution in [2.24, 2.45) is 0 Å². The van der Waals surface area contributed by atoms with Crippen molar-refractivity contribution in [3.05, 3.63) is 96.3 Å². The van der Waals surface area contributed by atoms with Crippen molar-refractivity contribution in [2.75, 3.05) is 0 Å². The van der Waals surface area contributed by atoms with Gasteiger partial charge >= 0.3 is 0 Å². The highest BCUT2D eigenvalue weighted by atomic mass is 16.5. The van der Waals surface area contributed by atoms with E-state index in [0.29, 0.717) is 13.2 Å². The third kappa shape index (κ3) is 3.95. The van der Waals surface area contributed by atoms with Crippen LogP contribution in [0.5, 0.6) is 5.75 Å². The predicted octanol–water partition coefficient (Wildman–Crippen LogP) is 3.97. The molecule has 0 aliphatic carbocycles. The molecule has 0 spiro atoms. The van der Waals surface area contributed by atoms with Crippen LogP contribution in [0.4, 0.5) is 0 Å². The fraction of sp³-hybridized carbons (Fsp3) is 0.0952. The van der Waals surface area contributed by atoms with Gasteiger partial charge in [0.25, 0.3) is 0 Å². The zero-order valence-electron chi connectivity index (χ0n) is 14.2. The minimum Gasteiger partial charge on any atom is -0.487 e. The maximum atomic E-state index is 5.76. The first kappa shape index (κ1) is 16.0. The third-order valence-electron chi connectivity index (χ3n) is 3.97. The lowest BCUT2D eigenvalue weighted by atomic mass is 10.2. The average molecular weight is 342 g/mol. The van der Waals surface area contributed by atoms with Crippen LogP contribution in [-0.4, -0.2) is 20.0 Å². The number of nitrogens with zero attached hydrogens (tertiary/aromatic N) is 4. The molecule has 5 nitrogen and oxygen atoms in total. The minimum atomic E-state index is 0.523. The van der Waals surface area contributed by atoms with E-state index >= 15 is 0 Å². The zero-order chi connectivity index (χ0) is 17.6. The van der Waals surface area contributed by atoms with Crippen LogP contribution in [0.15, 0.2) is 85.2 Å². The molecule has 0 unspecified atom stereocenters. The van der Waals surface area contributed by atoms with Gasteiger partial charge in [-0.25, -0.2) is 4.68 Å². The lowest BCUT2D eigenvalue weighted by Crippen LogP contribution is -1.99. The number of benzene rings is 2. The van der Waals surface area contributed by atoms with Gasteiger partial charge in [-0.05, 0) is 23.3 Å². The molecule has 2 heterocycles. The number of rotatable bonds is 6. The maximum absolute atomic E-state index is 5.76. The molecule has 0 aliphatic rings. The van der Waals surface area contributed by atoms with E-state index in [2.05, 4.69) is 27.4 Å². The first-order valence-electron chi connectivity index (χ1n) is 8.44. The monoisotopic (exact) mass is 342 g/mol. The molecule has 2 aromatic carbocycles. The Bertz CT molecular complexity index is 950. The molecule has 0 amide bonds. The molecular formula is C21H18N4O. The van der Waals surface area contributed by atoms with Crippen LogP contribution in [-0.2, 0) is 13.2 Å². The first-order chi connectivity index (χ1) is 12.9. The molecule has 26 heavy (non-hydrogen) atoms. The standard InChI is InChI=1S/C21H18N4O/c1-3-7-17(8-4-1)14-25-15-21(23-24-25)20-12-11-19(13-22-20)26-16-18-9-5-2-6-10-18/h1-13,15H,14,16H2. The Kier molecular flexibility index (Phi) is 4.69. The van der Waals surface area contributed by atoms with Crippen molar-refractivity contribution in [3.63, 3.8) is 0 Å². The van der Waals surface area contributed by atoms with E-state index in [4.69, 9.17) is 4.74 Å². The summed E-state index contributed by atoms with van der Waals surface area (Å²) in [5.74, 6) is 0.731. The highest BCUT2D eigenvalue weighted by molar-refractivity contribution is 5.52. The van der Waals surface area contributed by atoms with E-state index in [1.165, 1.54) is 5.56 Å². The molecule has 0 N–H and O–H groups in total. The van der Waals surface area contributed by atoms with Crippen molar-refractivity contribution in [2.45, 2.75) is 13.2 Å². The Hall–Kier alpha value is -3.47. The summed E-state index contributed by atoms with van der Waals surface area (Å²) in [7, 11) is 0. The Balaban J connectivity index is 1.40. The molecule has 0 atom stereocenters. The summed E-state index contributed by atoms with van der Waals surface area (Å²) < 4.78 is 7.58. The Morgan fingerprint density at radius 2 is 1.50 bits per heavy atom. The Morgan fingerprint density at radius 3 is 2.19 bits per heavy atom. The van der Waals surface area contributed by atoms with Gasteiger partial charge in [0, 0.05) is 0 Å². The molecule has 0 aliphatic heterocycles. The van der Waals surface area contributed by atoms with Gasteiger partial charge in [-0.2, -0.15) is 0 Å². The van der Waals surface area contributed by atoms with Gasteiger partial charge in [-0.1, -0.05) is 65.9 Å². The van der Waals surface area contributed by atoms with Gasteiger partial charge in [0.2, 0.25) is 0 Å². The SMILES string of the molecule is c1ccc(COc2ccc(-c3cn(Cc4ccccc4)nn3)nc2)cc1. The number of pyridine rings is 1. The lowest BCUT2D eigenvalue weighted by Gasteiger charge is -2.06. The summed E-state index contributed by atoms with van der Waals surface area (Å²) in [6, 6.07) is 24.0. The van der Waals surface area contributed by atoms with E-state index in [-0.39, 0.29) is 0 Å². The summed E-state index contributed by atoms with van der Waals surface area (Å²) in [4.78, 5) is 4.44. The van der Waals surface area contributed by atoms with E-state index in [9.17, 15) is 0 Å². The number of hydrogen-bond acceptors (Lipinski definition) is 4. The zero-order valence-corrected chi connectivity index (χ0v) is 14.2. The quantitative estimate of drug-likeness (QED) is 0.532. The minimum absolute atomic E-state index is 0.523. The average Bonchev–Trinajstić information content (AvgIpc) is 3.17. The molecule has 5 heteroatoms. The van der Waals surface area contributed by atoms with Crippen LogP contribution in [0.25, 0.3) is 11.4 Å². The van der Waals surface area contributed by atoms with Gasteiger partial charge < -0.3 is 4.74 Å². The van der Waals surface area contributed by atoms with Crippen LogP contribution < -0.4 is 4.74 Å². The van der Waals surface area contributed by atoms with E-state index in [1.54, 1.807) is 6.20 Å². The van der Waals surface area contributed by atoms with E-state index in [1.807, 2.05) is 71.5 Å². The van der Waals surface area contributed by atoms with Gasteiger partial charge in [-0.3, -0.25) is 4.98 Å². The third-order valence-corrected chi connectivity index (χ3v) is 3.97. The number of ether oxygens (including phenoxy) is 1. The molecular weight excluding hydrogens is 324 g/mol. The lowest BCUT2D eigenvalue weighted by molar-refractivity contribution is 0.305. The van der Waals surface area contributed by atoms with E-state index in [0.717, 1.165) is 22.7 Å². The summed E-state index contributed by atoms with van der Waals surface area (Å²) in [6.45, 7) is 1.21. The van der Waals surface area contributed by atoms with Crippen LogP contribution in [0, 0.1) is 0 Å². The molecule has 2 aromatic heterocycles. The van der Waals surface area contributed by atoms with Crippen molar-refractivity contribution in [1.29, 1.82) is 0 Å². The Labute approximate surface area is 151 Å². The Morgan fingerprint density at radius 1 is 0.769 bits per heavy atom. The molecule has 0 saturated carbocycles. The van der Waals surface area contributed by atoms with Crippen molar-refractivity contribution in [3.8, 4) is 17.1 Å². The molecule has 0 fully saturated rings. The van der Waals surface area contributed by atoms with Crippen LogP contribution >= 0.6 is 0 Å². The van der Waals surface area contributed by atoms with Gasteiger partial charge in [0.05, 0.1) is 24.6 Å². The molecule has 128 valence electrons. The molecule has 0 saturated heterocycles. The highest BCUT2D eigenvalue weighted by Gasteiger charge is 2.06. The van der Waals surface area contributed by atoms with Crippen molar-refractivity contribution in [1.82, 2.24) is 20.0 Å². The summed E-state index contributed by atoms with van der Waals surface area (Å²) in [5.41, 5.74) is 3.83. The molecule has 4 aromatic rings. The molecule has 0 bridgehead atoms. The second kappa shape index (κ2) is 7.61. The molecule has 0 radical (unpaired) electrons. The second-order valence-corrected chi connectivity index (χ2v) is 5.94. The van der Waals surface area contributed by atoms with E-state index < -0.39 is 0 Å². The number of hydrogen-bond donors (Lipinski definition) is 0. The van der Waals surface area contributed by atoms with Crippen LogP contribution in [0.1, 0.15) is 11.1 Å². The fourth-order valence-electron chi connectivity index (χ4n) is 2.62. The molecule has 4 rings (SSSR count). The topological polar surface area (TPSA) is 52.8 Å². The van der Waals surface area contributed by atoms with Gasteiger partial charge in [0.15, 0.2) is 0 Å². The van der Waals surface area contributed by atoms with Gasteiger partial charge in [-0.15, -0.1) is 5.10 Å². The normalized spacial score (nSPS) is 10.6. The number of aromatic nitrogens is 4. The summed E-state index contributed by atoms with van der Waals surface area (Å²) in [5, 5.41) is 8.40.